The SMILES string of the molecule is CC(=O)N1CCN(C(=O)CN2C(=O)CS[C@H](c3ccc4c(c3)OCO4)c3c(-c4ccccc4)nn(-c4ccc(C)cc4C)c32)CC1. The Labute approximate surface area is 271 Å². The average molecular weight is 638 g/mol. The summed E-state index contributed by atoms with van der Waals surface area (Å²) in [7, 11) is 0. The van der Waals surface area contributed by atoms with E-state index in [-0.39, 0.29) is 42.1 Å². The Bertz CT molecular complexity index is 1830. The van der Waals surface area contributed by atoms with Crippen molar-refractivity contribution in [2.45, 2.75) is 26.0 Å². The van der Waals surface area contributed by atoms with Gasteiger partial charge in [0, 0.05) is 44.2 Å². The standard InChI is InChI=1S/C35H35N5O5S/c1-22-9-11-27(23(2)17-22)40-35-32(33(36-40)25-7-5-4-6-8-25)34(26-10-12-28-29(18-26)45-21-44-28)46-20-31(43)39(35)19-30(42)38-15-13-37(14-16-38)24(3)41/h4-12,17-18,34H,13-16,19-21H2,1-3H3/t34-/m1/s1. The van der Waals surface area contributed by atoms with Crippen molar-refractivity contribution in [3.8, 4) is 28.4 Å². The highest BCUT2D eigenvalue weighted by Crippen LogP contribution is 2.50. The highest BCUT2D eigenvalue weighted by atomic mass is 32.2. The van der Waals surface area contributed by atoms with Crippen molar-refractivity contribution in [1.82, 2.24) is 19.6 Å². The molecule has 3 aromatic carbocycles. The molecule has 3 aliphatic heterocycles. The fourth-order valence-electron chi connectivity index (χ4n) is 6.38. The Balaban J connectivity index is 1.40. The molecule has 4 heterocycles. The van der Waals surface area contributed by atoms with Crippen molar-refractivity contribution < 1.29 is 23.9 Å². The van der Waals surface area contributed by atoms with E-state index in [4.69, 9.17) is 14.6 Å². The van der Waals surface area contributed by atoms with Crippen LogP contribution in [0, 0.1) is 13.8 Å². The lowest BCUT2D eigenvalue weighted by Gasteiger charge is -2.35. The lowest BCUT2D eigenvalue weighted by molar-refractivity contribution is -0.137. The van der Waals surface area contributed by atoms with Gasteiger partial charge in [-0.1, -0.05) is 54.1 Å². The van der Waals surface area contributed by atoms with Gasteiger partial charge in [-0.2, -0.15) is 5.10 Å². The zero-order chi connectivity index (χ0) is 31.9. The molecule has 1 aromatic heterocycles. The number of nitrogens with zero attached hydrogens (tertiary/aromatic N) is 5. The summed E-state index contributed by atoms with van der Waals surface area (Å²) < 4.78 is 13.2. The number of ether oxygens (including phenoxy) is 2. The minimum atomic E-state index is -0.289. The number of aromatic nitrogens is 2. The number of thioether (sulfide) groups is 1. The Morgan fingerprint density at radius 2 is 1.65 bits per heavy atom. The normalized spacial score (nSPS) is 17.6. The quantitative estimate of drug-likeness (QED) is 0.312. The summed E-state index contributed by atoms with van der Waals surface area (Å²) in [6.45, 7) is 7.44. The van der Waals surface area contributed by atoms with Crippen LogP contribution in [0.1, 0.15) is 34.4 Å². The van der Waals surface area contributed by atoms with Gasteiger partial charge in [0.2, 0.25) is 24.5 Å². The number of carbonyl (C=O) groups is 3. The number of fused-ring (bicyclic) bond motifs is 2. The van der Waals surface area contributed by atoms with E-state index >= 15 is 0 Å². The number of piperazine rings is 1. The molecule has 3 aliphatic rings. The number of hydrogen-bond donors (Lipinski definition) is 0. The highest BCUT2D eigenvalue weighted by molar-refractivity contribution is 8.00. The molecule has 0 spiro atoms. The lowest BCUT2D eigenvalue weighted by Crippen LogP contribution is -2.53. The van der Waals surface area contributed by atoms with Crippen molar-refractivity contribution in [3.63, 3.8) is 0 Å². The van der Waals surface area contributed by atoms with Gasteiger partial charge in [0.25, 0.3) is 0 Å². The van der Waals surface area contributed by atoms with E-state index in [1.807, 2.05) is 79.2 Å². The molecule has 0 radical (unpaired) electrons. The zero-order valence-electron chi connectivity index (χ0n) is 26.1. The Kier molecular flexibility index (Phi) is 7.94. The first-order chi connectivity index (χ1) is 22.3. The zero-order valence-corrected chi connectivity index (χ0v) is 26.9. The smallest absolute Gasteiger partial charge is 0.242 e. The fraction of sp³-hybridized carbons (Fsp3) is 0.314. The third-order valence-corrected chi connectivity index (χ3v) is 10.0. The van der Waals surface area contributed by atoms with E-state index in [1.54, 1.807) is 21.6 Å². The average Bonchev–Trinajstić information content (AvgIpc) is 3.66. The highest BCUT2D eigenvalue weighted by Gasteiger charge is 2.39. The predicted molar refractivity (Wildman–Crippen MR) is 177 cm³/mol. The van der Waals surface area contributed by atoms with Gasteiger partial charge in [-0.3, -0.25) is 19.3 Å². The van der Waals surface area contributed by atoms with Gasteiger partial charge in [0.1, 0.15) is 12.4 Å². The topological polar surface area (TPSA) is 97.2 Å². The predicted octanol–water partition coefficient (Wildman–Crippen LogP) is 4.74. The number of anilines is 1. The van der Waals surface area contributed by atoms with Crippen LogP contribution < -0.4 is 14.4 Å². The van der Waals surface area contributed by atoms with Crippen LogP contribution in [0.2, 0.25) is 0 Å². The van der Waals surface area contributed by atoms with E-state index < -0.39 is 0 Å². The van der Waals surface area contributed by atoms with Crippen molar-refractivity contribution in [1.29, 1.82) is 0 Å². The summed E-state index contributed by atoms with van der Waals surface area (Å²) in [6, 6.07) is 22.0. The van der Waals surface area contributed by atoms with Crippen LogP contribution in [0.25, 0.3) is 16.9 Å². The molecule has 4 aromatic rings. The van der Waals surface area contributed by atoms with Crippen LogP contribution in [-0.2, 0) is 14.4 Å². The Morgan fingerprint density at radius 3 is 2.39 bits per heavy atom. The summed E-state index contributed by atoms with van der Waals surface area (Å²) in [5.41, 5.74) is 6.41. The second kappa shape index (κ2) is 12.2. The number of hydrogen-bond acceptors (Lipinski definition) is 7. The maximum absolute atomic E-state index is 14.2. The van der Waals surface area contributed by atoms with Gasteiger partial charge >= 0.3 is 0 Å². The molecule has 1 fully saturated rings. The van der Waals surface area contributed by atoms with Crippen LogP contribution in [0.15, 0.2) is 66.7 Å². The molecule has 46 heavy (non-hydrogen) atoms. The molecule has 0 aliphatic carbocycles. The first kappa shape index (κ1) is 29.9. The molecular weight excluding hydrogens is 602 g/mol. The molecule has 0 bridgehead atoms. The van der Waals surface area contributed by atoms with Crippen molar-refractivity contribution in [2.75, 3.05) is 50.2 Å². The van der Waals surface area contributed by atoms with Gasteiger partial charge in [-0.15, -0.1) is 11.8 Å². The molecule has 0 N–H and O–H groups in total. The van der Waals surface area contributed by atoms with E-state index in [0.717, 1.165) is 39.2 Å². The van der Waals surface area contributed by atoms with E-state index in [1.165, 1.54) is 11.8 Å². The number of carbonyl (C=O) groups excluding carboxylic acids is 3. The Morgan fingerprint density at radius 1 is 0.913 bits per heavy atom. The Hall–Kier alpha value is -4.77. The molecule has 10 nitrogen and oxygen atoms in total. The third kappa shape index (κ3) is 5.49. The molecule has 0 unspecified atom stereocenters. The van der Waals surface area contributed by atoms with E-state index in [0.29, 0.717) is 43.5 Å². The molecule has 3 amide bonds. The molecule has 7 rings (SSSR count). The van der Waals surface area contributed by atoms with Crippen LogP contribution in [0.5, 0.6) is 11.5 Å². The molecule has 236 valence electrons. The summed E-state index contributed by atoms with van der Waals surface area (Å²) in [6.07, 6.45) is 0. The number of rotatable bonds is 5. The van der Waals surface area contributed by atoms with Crippen molar-refractivity contribution in [3.05, 3.63) is 89.0 Å². The molecule has 11 heteroatoms. The van der Waals surface area contributed by atoms with Gasteiger partial charge in [-0.05, 0) is 43.2 Å². The van der Waals surface area contributed by atoms with Gasteiger partial charge in [0.05, 0.1) is 22.4 Å². The van der Waals surface area contributed by atoms with Gasteiger partial charge < -0.3 is 19.3 Å². The van der Waals surface area contributed by atoms with Crippen LogP contribution in [0.3, 0.4) is 0 Å². The number of amides is 3. The molecule has 0 saturated carbocycles. The van der Waals surface area contributed by atoms with E-state index in [2.05, 4.69) is 6.07 Å². The first-order valence-corrected chi connectivity index (χ1v) is 16.4. The minimum absolute atomic E-state index is 0.00293. The summed E-state index contributed by atoms with van der Waals surface area (Å²) in [4.78, 5) is 45.1. The van der Waals surface area contributed by atoms with Crippen LogP contribution in [-0.4, -0.2) is 82.6 Å². The minimum Gasteiger partial charge on any atom is -0.454 e. The molecule has 1 saturated heterocycles. The second-order valence-corrected chi connectivity index (χ2v) is 12.9. The summed E-state index contributed by atoms with van der Waals surface area (Å²) in [5.74, 6) is 1.76. The fourth-order valence-corrected chi connectivity index (χ4v) is 7.57. The maximum Gasteiger partial charge on any atom is 0.242 e. The summed E-state index contributed by atoms with van der Waals surface area (Å²) in [5, 5.41) is 4.94. The molecular formula is C35H35N5O5S. The lowest BCUT2D eigenvalue weighted by atomic mass is 9.99. The first-order valence-electron chi connectivity index (χ1n) is 15.4. The van der Waals surface area contributed by atoms with Crippen LogP contribution >= 0.6 is 11.8 Å². The summed E-state index contributed by atoms with van der Waals surface area (Å²) >= 11 is 1.52. The number of benzene rings is 3. The van der Waals surface area contributed by atoms with Crippen LogP contribution in [0.4, 0.5) is 5.82 Å². The molecule has 1 atom stereocenters. The number of aryl methyl sites for hydroxylation is 2. The van der Waals surface area contributed by atoms with Crippen molar-refractivity contribution in [2.24, 2.45) is 0 Å². The van der Waals surface area contributed by atoms with Crippen molar-refractivity contribution >= 4 is 35.3 Å². The van der Waals surface area contributed by atoms with Gasteiger partial charge in [0.15, 0.2) is 11.5 Å². The maximum atomic E-state index is 14.2. The monoisotopic (exact) mass is 637 g/mol. The largest absolute Gasteiger partial charge is 0.454 e. The van der Waals surface area contributed by atoms with Gasteiger partial charge in [-0.25, -0.2) is 4.68 Å². The second-order valence-electron chi connectivity index (χ2n) is 11.8. The third-order valence-electron chi connectivity index (χ3n) is 8.79. The van der Waals surface area contributed by atoms with E-state index in [9.17, 15) is 14.4 Å².